The zero-order valence-electron chi connectivity index (χ0n) is 12.3. The van der Waals surface area contributed by atoms with Crippen molar-refractivity contribution >= 4 is 23.7 Å². The number of carbonyl (C=O) groups is 2. The summed E-state index contributed by atoms with van der Waals surface area (Å²) in [6, 6.07) is -0.455. The summed E-state index contributed by atoms with van der Waals surface area (Å²) >= 11 is 1.56. The number of thioether (sulfide) groups is 1. The van der Waals surface area contributed by atoms with Gasteiger partial charge in [-0.2, -0.15) is 0 Å². The van der Waals surface area contributed by atoms with Crippen LogP contribution in [0.1, 0.15) is 18.5 Å². The molecule has 3 N–H and O–H groups in total. The Balaban J connectivity index is 1.89. The van der Waals surface area contributed by atoms with E-state index in [1.807, 2.05) is 17.9 Å². The van der Waals surface area contributed by atoms with Crippen molar-refractivity contribution in [2.45, 2.75) is 24.5 Å². The number of nitrogens with zero attached hydrogens (tertiary/aromatic N) is 3. The fourth-order valence-corrected chi connectivity index (χ4v) is 3.04. The molecule has 8 heteroatoms. The second-order valence-corrected chi connectivity index (χ2v) is 5.91. The van der Waals surface area contributed by atoms with Gasteiger partial charge in [-0.1, -0.05) is 11.8 Å². The average Bonchev–Trinajstić information content (AvgIpc) is 2.85. The van der Waals surface area contributed by atoms with E-state index in [9.17, 15) is 9.59 Å². The third-order valence-corrected chi connectivity index (χ3v) is 4.52. The monoisotopic (exact) mass is 311 g/mol. The van der Waals surface area contributed by atoms with Gasteiger partial charge in [0.1, 0.15) is 0 Å². The van der Waals surface area contributed by atoms with Crippen molar-refractivity contribution in [1.82, 2.24) is 19.8 Å². The Labute approximate surface area is 128 Å². The first-order chi connectivity index (χ1) is 10.0. The molecular weight excluding hydrogens is 290 g/mol. The number of rotatable bonds is 4. The molecule has 1 aromatic rings. The van der Waals surface area contributed by atoms with Gasteiger partial charge in [0, 0.05) is 20.1 Å². The van der Waals surface area contributed by atoms with Gasteiger partial charge in [-0.15, -0.1) is 0 Å². The lowest BCUT2D eigenvalue weighted by molar-refractivity contribution is -0.126. The molecule has 1 atom stereocenters. The number of urea groups is 1. The molecule has 2 heterocycles. The summed E-state index contributed by atoms with van der Waals surface area (Å²) in [5, 5.41) is 3.83. The zero-order chi connectivity index (χ0) is 15.4. The van der Waals surface area contributed by atoms with Crippen molar-refractivity contribution in [3.05, 3.63) is 11.9 Å². The van der Waals surface area contributed by atoms with Gasteiger partial charge in [0.2, 0.25) is 5.91 Å². The quantitative estimate of drug-likeness (QED) is 0.794. The standard InChI is InChI=1S/C13H21N5O2S/c1-17-10(7-16-13(17)21-2)6-15-11(19)9-4-3-5-18(8-9)12(14)20/h7,9H,3-6,8H2,1-2H3,(H2,14,20)(H,15,19)/t9-/m0/s1. The van der Waals surface area contributed by atoms with Crippen molar-refractivity contribution < 1.29 is 9.59 Å². The molecule has 2 rings (SSSR count). The molecule has 3 amide bonds. The number of likely N-dealkylation sites (tertiary alicyclic amines) is 1. The largest absolute Gasteiger partial charge is 0.351 e. The van der Waals surface area contributed by atoms with Crippen LogP contribution in [0.5, 0.6) is 0 Å². The van der Waals surface area contributed by atoms with Crippen molar-refractivity contribution in [1.29, 1.82) is 0 Å². The van der Waals surface area contributed by atoms with Gasteiger partial charge in [0.15, 0.2) is 5.16 Å². The Morgan fingerprint density at radius 1 is 1.57 bits per heavy atom. The van der Waals surface area contributed by atoms with E-state index in [2.05, 4.69) is 10.3 Å². The van der Waals surface area contributed by atoms with Gasteiger partial charge in [-0.3, -0.25) is 4.79 Å². The maximum Gasteiger partial charge on any atom is 0.314 e. The van der Waals surface area contributed by atoms with Crippen molar-refractivity contribution in [2.24, 2.45) is 18.7 Å². The fourth-order valence-electron chi connectivity index (χ4n) is 2.49. The summed E-state index contributed by atoms with van der Waals surface area (Å²) in [6.07, 6.45) is 5.33. The summed E-state index contributed by atoms with van der Waals surface area (Å²) in [7, 11) is 1.93. The number of nitrogens with two attached hydrogens (primary N) is 1. The molecule has 1 fully saturated rings. The Bertz CT molecular complexity index is 531. The highest BCUT2D eigenvalue weighted by Crippen LogP contribution is 2.17. The molecule has 0 aromatic carbocycles. The van der Waals surface area contributed by atoms with Crippen LogP contribution in [0.15, 0.2) is 11.4 Å². The van der Waals surface area contributed by atoms with Crippen LogP contribution >= 0.6 is 11.8 Å². The van der Waals surface area contributed by atoms with Crippen LogP contribution in [-0.4, -0.2) is 45.7 Å². The SMILES string of the molecule is CSc1ncc(CNC(=O)[C@H]2CCCN(C(N)=O)C2)n1C. The maximum absolute atomic E-state index is 12.2. The minimum atomic E-state index is -0.455. The predicted octanol–water partition coefficient (Wildman–Crippen LogP) is 0.549. The van der Waals surface area contributed by atoms with E-state index in [0.29, 0.717) is 19.6 Å². The van der Waals surface area contributed by atoms with Gasteiger partial charge in [-0.25, -0.2) is 9.78 Å². The molecule has 1 aliphatic heterocycles. The maximum atomic E-state index is 12.2. The second-order valence-electron chi connectivity index (χ2n) is 5.14. The number of aromatic nitrogens is 2. The van der Waals surface area contributed by atoms with Crippen LogP contribution in [0, 0.1) is 5.92 Å². The smallest absolute Gasteiger partial charge is 0.314 e. The number of amides is 3. The minimum Gasteiger partial charge on any atom is -0.351 e. The lowest BCUT2D eigenvalue weighted by atomic mass is 9.97. The molecule has 0 radical (unpaired) electrons. The van der Waals surface area contributed by atoms with Crippen molar-refractivity contribution in [2.75, 3.05) is 19.3 Å². The number of hydrogen-bond acceptors (Lipinski definition) is 4. The van der Waals surface area contributed by atoms with E-state index in [1.54, 1.807) is 18.0 Å². The number of carbonyl (C=O) groups excluding carboxylic acids is 2. The Morgan fingerprint density at radius 2 is 2.33 bits per heavy atom. The molecule has 21 heavy (non-hydrogen) atoms. The number of hydrogen-bond donors (Lipinski definition) is 2. The molecular formula is C13H21N5O2S. The Kier molecular flexibility index (Phi) is 5.11. The molecule has 1 aliphatic rings. The molecule has 116 valence electrons. The summed E-state index contributed by atoms with van der Waals surface area (Å²) < 4.78 is 1.96. The van der Waals surface area contributed by atoms with Crippen LogP contribution in [-0.2, 0) is 18.4 Å². The van der Waals surface area contributed by atoms with Crippen LogP contribution < -0.4 is 11.1 Å². The third-order valence-electron chi connectivity index (χ3n) is 3.77. The van der Waals surface area contributed by atoms with E-state index < -0.39 is 6.03 Å². The van der Waals surface area contributed by atoms with E-state index >= 15 is 0 Å². The molecule has 7 nitrogen and oxygen atoms in total. The van der Waals surface area contributed by atoms with Gasteiger partial charge < -0.3 is 20.5 Å². The summed E-state index contributed by atoms with van der Waals surface area (Å²) in [6.45, 7) is 1.48. The van der Waals surface area contributed by atoms with E-state index in [0.717, 1.165) is 23.7 Å². The molecule has 1 saturated heterocycles. The van der Waals surface area contributed by atoms with Gasteiger partial charge in [0.05, 0.1) is 24.4 Å². The van der Waals surface area contributed by atoms with Crippen molar-refractivity contribution in [3.63, 3.8) is 0 Å². The molecule has 0 spiro atoms. The molecule has 0 saturated carbocycles. The van der Waals surface area contributed by atoms with Gasteiger partial charge in [-0.05, 0) is 19.1 Å². The summed E-state index contributed by atoms with van der Waals surface area (Å²) in [5.74, 6) is -0.215. The molecule has 0 bridgehead atoms. The van der Waals surface area contributed by atoms with Crippen LogP contribution in [0.3, 0.4) is 0 Å². The van der Waals surface area contributed by atoms with Crippen LogP contribution in [0.4, 0.5) is 4.79 Å². The first kappa shape index (κ1) is 15.7. The van der Waals surface area contributed by atoms with Crippen LogP contribution in [0.2, 0.25) is 0 Å². The number of imidazole rings is 1. The first-order valence-corrected chi connectivity index (χ1v) is 8.12. The highest BCUT2D eigenvalue weighted by atomic mass is 32.2. The van der Waals surface area contributed by atoms with Gasteiger partial charge in [0.25, 0.3) is 0 Å². The normalized spacial score (nSPS) is 18.6. The molecule has 0 aliphatic carbocycles. The third kappa shape index (κ3) is 3.69. The van der Waals surface area contributed by atoms with E-state index in [1.165, 1.54) is 4.90 Å². The Morgan fingerprint density at radius 3 is 2.95 bits per heavy atom. The lowest BCUT2D eigenvalue weighted by Crippen LogP contribution is -2.47. The second kappa shape index (κ2) is 6.84. The number of nitrogens with one attached hydrogen (secondary N) is 1. The average molecular weight is 311 g/mol. The van der Waals surface area contributed by atoms with Gasteiger partial charge >= 0.3 is 6.03 Å². The molecule has 1 aromatic heterocycles. The minimum absolute atomic E-state index is 0.0344. The highest BCUT2D eigenvalue weighted by Gasteiger charge is 2.27. The predicted molar refractivity (Wildman–Crippen MR) is 80.7 cm³/mol. The fraction of sp³-hybridized carbons (Fsp3) is 0.615. The zero-order valence-corrected chi connectivity index (χ0v) is 13.2. The Hall–Kier alpha value is -1.70. The first-order valence-electron chi connectivity index (χ1n) is 6.89. The number of piperidine rings is 1. The van der Waals surface area contributed by atoms with E-state index in [-0.39, 0.29) is 11.8 Å². The molecule has 0 unspecified atom stereocenters. The van der Waals surface area contributed by atoms with Crippen LogP contribution in [0.25, 0.3) is 0 Å². The lowest BCUT2D eigenvalue weighted by Gasteiger charge is -2.30. The topological polar surface area (TPSA) is 93.2 Å². The van der Waals surface area contributed by atoms with Crippen molar-refractivity contribution in [3.8, 4) is 0 Å². The highest BCUT2D eigenvalue weighted by molar-refractivity contribution is 7.98. The summed E-state index contributed by atoms with van der Waals surface area (Å²) in [5.41, 5.74) is 6.23. The number of primary amides is 1. The summed E-state index contributed by atoms with van der Waals surface area (Å²) in [4.78, 5) is 29.2. The van der Waals surface area contributed by atoms with E-state index in [4.69, 9.17) is 5.73 Å².